The molecule has 4 N–H and O–H groups in total. The fraction of sp³-hybridized carbons (Fsp3) is 0.333. The predicted octanol–water partition coefficient (Wildman–Crippen LogP) is 1.35. The van der Waals surface area contributed by atoms with E-state index in [1.165, 1.54) is 0 Å². The molecule has 90 valence electrons. The van der Waals surface area contributed by atoms with Gasteiger partial charge in [0.1, 0.15) is 18.2 Å². The van der Waals surface area contributed by atoms with Crippen LogP contribution >= 0.6 is 0 Å². The van der Waals surface area contributed by atoms with Crippen LogP contribution in [0.4, 0.5) is 5.69 Å². The molecule has 1 aromatic rings. The molecule has 5 nitrogen and oxygen atoms in total. The Bertz CT molecular complexity index is 441. The molecule has 17 heavy (non-hydrogen) atoms. The van der Waals surface area contributed by atoms with Crippen molar-refractivity contribution in [3.8, 4) is 5.75 Å². The van der Waals surface area contributed by atoms with Crippen molar-refractivity contribution < 1.29 is 9.53 Å². The van der Waals surface area contributed by atoms with Crippen LogP contribution in [0.5, 0.6) is 5.75 Å². The molecule has 1 amide bonds. The summed E-state index contributed by atoms with van der Waals surface area (Å²) in [6, 6.07) is 7.08. The van der Waals surface area contributed by atoms with Crippen LogP contribution in [0, 0.1) is 11.3 Å². The number of ether oxygens (including phenoxy) is 1. The number of anilines is 1. The van der Waals surface area contributed by atoms with Gasteiger partial charge in [-0.3, -0.25) is 10.2 Å². The van der Waals surface area contributed by atoms with E-state index in [4.69, 9.17) is 15.9 Å². The van der Waals surface area contributed by atoms with E-state index in [1.54, 1.807) is 24.3 Å². The summed E-state index contributed by atoms with van der Waals surface area (Å²) >= 11 is 0. The van der Waals surface area contributed by atoms with Crippen LogP contribution in [-0.4, -0.2) is 18.3 Å². The third kappa shape index (κ3) is 3.48. The van der Waals surface area contributed by atoms with Crippen molar-refractivity contribution in [2.24, 2.45) is 11.7 Å². The second-order valence-electron chi connectivity index (χ2n) is 4.11. The zero-order chi connectivity index (χ0) is 12.3. The summed E-state index contributed by atoms with van der Waals surface area (Å²) in [7, 11) is 0. The number of nitrogens with two attached hydrogens (primary N) is 1. The van der Waals surface area contributed by atoms with E-state index in [0.29, 0.717) is 11.4 Å². The molecule has 0 spiro atoms. The van der Waals surface area contributed by atoms with Crippen molar-refractivity contribution in [1.29, 1.82) is 5.41 Å². The van der Waals surface area contributed by atoms with E-state index in [9.17, 15) is 4.79 Å². The van der Waals surface area contributed by atoms with Gasteiger partial charge >= 0.3 is 0 Å². The van der Waals surface area contributed by atoms with Crippen molar-refractivity contribution in [3.63, 3.8) is 0 Å². The maximum atomic E-state index is 11.5. The molecule has 0 radical (unpaired) electrons. The fourth-order valence-electron chi connectivity index (χ4n) is 1.41. The van der Waals surface area contributed by atoms with E-state index in [1.807, 2.05) is 0 Å². The minimum absolute atomic E-state index is 0.0302. The highest BCUT2D eigenvalue weighted by atomic mass is 16.5. The molecule has 5 heteroatoms. The Kier molecular flexibility index (Phi) is 3.27. The van der Waals surface area contributed by atoms with E-state index in [0.717, 1.165) is 12.8 Å². The Hall–Kier alpha value is -2.04. The second-order valence-corrected chi connectivity index (χ2v) is 4.11. The molecule has 0 heterocycles. The van der Waals surface area contributed by atoms with Crippen molar-refractivity contribution >= 4 is 17.4 Å². The van der Waals surface area contributed by atoms with E-state index in [2.05, 4.69) is 5.32 Å². The van der Waals surface area contributed by atoms with Gasteiger partial charge in [0, 0.05) is 17.7 Å². The zero-order valence-corrected chi connectivity index (χ0v) is 9.40. The van der Waals surface area contributed by atoms with Crippen molar-refractivity contribution in [1.82, 2.24) is 0 Å². The highest BCUT2D eigenvalue weighted by molar-refractivity contribution is 5.94. The van der Waals surface area contributed by atoms with Gasteiger partial charge in [-0.05, 0) is 25.0 Å². The van der Waals surface area contributed by atoms with Gasteiger partial charge in [-0.2, -0.15) is 0 Å². The fourth-order valence-corrected chi connectivity index (χ4v) is 1.41. The van der Waals surface area contributed by atoms with Crippen LogP contribution in [0.25, 0.3) is 0 Å². The summed E-state index contributed by atoms with van der Waals surface area (Å²) in [6.07, 6.45) is 1.96. The molecule has 0 bridgehead atoms. The summed E-state index contributed by atoms with van der Waals surface area (Å²) in [6.45, 7) is 0.0556. The summed E-state index contributed by atoms with van der Waals surface area (Å²) in [5.74, 6) is 0.803. The van der Waals surface area contributed by atoms with Crippen LogP contribution < -0.4 is 15.8 Å². The van der Waals surface area contributed by atoms with Gasteiger partial charge in [0.15, 0.2) is 0 Å². The monoisotopic (exact) mass is 233 g/mol. The Morgan fingerprint density at radius 1 is 1.53 bits per heavy atom. The molecule has 1 aromatic carbocycles. The summed E-state index contributed by atoms with van der Waals surface area (Å²) in [5.41, 5.74) is 5.91. The standard InChI is InChI=1S/C12H15N3O2/c13-11(14)7-17-10-3-1-2-9(6-10)15-12(16)8-4-5-8/h1-3,6,8H,4-5,7H2,(H3,13,14)(H,15,16). The van der Waals surface area contributed by atoms with Gasteiger partial charge in [-0.15, -0.1) is 0 Å². The van der Waals surface area contributed by atoms with Crippen LogP contribution in [0.15, 0.2) is 24.3 Å². The third-order valence-electron chi connectivity index (χ3n) is 2.44. The lowest BCUT2D eigenvalue weighted by Gasteiger charge is -2.08. The van der Waals surface area contributed by atoms with E-state index >= 15 is 0 Å². The molecule has 1 fully saturated rings. The average Bonchev–Trinajstić information content (AvgIpc) is 3.10. The minimum Gasteiger partial charge on any atom is -0.486 e. The molecule has 1 saturated carbocycles. The highest BCUT2D eigenvalue weighted by Crippen LogP contribution is 2.30. The number of rotatable bonds is 5. The van der Waals surface area contributed by atoms with Gasteiger partial charge in [-0.1, -0.05) is 6.07 Å². The van der Waals surface area contributed by atoms with Gasteiger partial charge in [-0.25, -0.2) is 0 Å². The molecular weight excluding hydrogens is 218 g/mol. The largest absolute Gasteiger partial charge is 0.486 e. The molecule has 0 unspecified atom stereocenters. The maximum Gasteiger partial charge on any atom is 0.227 e. The Labute approximate surface area is 99.5 Å². The van der Waals surface area contributed by atoms with Gasteiger partial charge in [0.25, 0.3) is 0 Å². The average molecular weight is 233 g/mol. The van der Waals surface area contributed by atoms with Gasteiger partial charge < -0.3 is 15.8 Å². The molecule has 1 aliphatic rings. The van der Waals surface area contributed by atoms with Gasteiger partial charge in [0.05, 0.1) is 0 Å². The first kappa shape index (κ1) is 11.4. The van der Waals surface area contributed by atoms with Crippen molar-refractivity contribution in [2.75, 3.05) is 11.9 Å². The SMILES string of the molecule is N=C(N)COc1cccc(NC(=O)C2CC2)c1. The predicted molar refractivity (Wildman–Crippen MR) is 65.2 cm³/mol. The molecule has 0 atom stereocenters. The van der Waals surface area contributed by atoms with Crippen molar-refractivity contribution in [3.05, 3.63) is 24.3 Å². The Morgan fingerprint density at radius 3 is 2.94 bits per heavy atom. The highest BCUT2D eigenvalue weighted by Gasteiger charge is 2.29. The number of hydrogen-bond donors (Lipinski definition) is 3. The van der Waals surface area contributed by atoms with E-state index < -0.39 is 0 Å². The Balaban J connectivity index is 1.95. The molecule has 0 aromatic heterocycles. The number of carbonyl (C=O) groups is 1. The molecule has 1 aliphatic carbocycles. The van der Waals surface area contributed by atoms with E-state index in [-0.39, 0.29) is 24.3 Å². The van der Waals surface area contributed by atoms with Crippen LogP contribution in [0.2, 0.25) is 0 Å². The van der Waals surface area contributed by atoms with Crippen LogP contribution in [0.1, 0.15) is 12.8 Å². The first-order chi connectivity index (χ1) is 8.15. The molecule has 0 saturated heterocycles. The number of nitrogens with one attached hydrogen (secondary N) is 2. The maximum absolute atomic E-state index is 11.5. The van der Waals surface area contributed by atoms with Crippen molar-refractivity contribution in [2.45, 2.75) is 12.8 Å². The summed E-state index contributed by atoms with van der Waals surface area (Å²) in [4.78, 5) is 11.5. The lowest BCUT2D eigenvalue weighted by molar-refractivity contribution is -0.117. The number of amides is 1. The number of benzene rings is 1. The lowest BCUT2D eigenvalue weighted by atomic mass is 10.3. The number of hydrogen-bond acceptors (Lipinski definition) is 3. The lowest BCUT2D eigenvalue weighted by Crippen LogP contribution is -2.19. The number of carbonyl (C=O) groups excluding carboxylic acids is 1. The topological polar surface area (TPSA) is 88.2 Å². The van der Waals surface area contributed by atoms with Gasteiger partial charge in [0.2, 0.25) is 5.91 Å². The molecular formula is C12H15N3O2. The minimum atomic E-state index is -0.0302. The normalized spacial score (nSPS) is 14.1. The smallest absolute Gasteiger partial charge is 0.227 e. The first-order valence-electron chi connectivity index (χ1n) is 5.52. The summed E-state index contributed by atoms with van der Waals surface area (Å²) in [5, 5.41) is 9.89. The van der Waals surface area contributed by atoms with Crippen LogP contribution in [-0.2, 0) is 4.79 Å². The Morgan fingerprint density at radius 2 is 2.29 bits per heavy atom. The molecule has 0 aliphatic heterocycles. The molecule has 2 rings (SSSR count). The second kappa shape index (κ2) is 4.86. The third-order valence-corrected chi connectivity index (χ3v) is 2.44. The first-order valence-corrected chi connectivity index (χ1v) is 5.52. The summed E-state index contributed by atoms with van der Waals surface area (Å²) < 4.78 is 5.26. The quantitative estimate of drug-likeness (QED) is 0.530. The zero-order valence-electron chi connectivity index (χ0n) is 9.40. The number of amidine groups is 1. The van der Waals surface area contributed by atoms with Crippen LogP contribution in [0.3, 0.4) is 0 Å².